The minimum atomic E-state index is -0.171. The summed E-state index contributed by atoms with van der Waals surface area (Å²) in [6.07, 6.45) is 1.21. The van der Waals surface area contributed by atoms with Crippen LogP contribution in [0.1, 0.15) is 0 Å². The third-order valence-electron chi connectivity index (χ3n) is 2.91. The van der Waals surface area contributed by atoms with Crippen LogP contribution in [0.25, 0.3) is 10.9 Å². The van der Waals surface area contributed by atoms with Crippen molar-refractivity contribution in [3.05, 3.63) is 40.7 Å². The number of fused-ring (bicyclic) bond motifs is 1. The molecule has 0 saturated carbocycles. The smallest absolute Gasteiger partial charge is 0.244 e. The van der Waals surface area contributed by atoms with Crippen molar-refractivity contribution in [2.45, 2.75) is 6.54 Å². The normalized spacial score (nSPS) is 10.6. The summed E-state index contributed by atoms with van der Waals surface area (Å²) in [4.78, 5) is 25.0. The molecule has 0 spiro atoms. The Morgan fingerprint density at radius 2 is 2.16 bits per heavy atom. The van der Waals surface area contributed by atoms with E-state index in [-0.39, 0.29) is 31.0 Å². The molecule has 0 bridgehead atoms. The molecular weight excluding hydrogens is 246 g/mol. The van der Waals surface area contributed by atoms with Crippen molar-refractivity contribution in [1.82, 2.24) is 14.7 Å². The zero-order chi connectivity index (χ0) is 13.8. The first-order chi connectivity index (χ1) is 9.13. The summed E-state index contributed by atoms with van der Waals surface area (Å²) < 4.78 is 1.49. The van der Waals surface area contributed by atoms with E-state index in [1.54, 1.807) is 31.3 Å². The second kappa shape index (κ2) is 5.62. The molecule has 0 saturated heterocycles. The van der Waals surface area contributed by atoms with Gasteiger partial charge in [0.05, 0.1) is 18.3 Å². The first-order valence-electron chi connectivity index (χ1n) is 5.93. The van der Waals surface area contributed by atoms with Crippen LogP contribution in [-0.2, 0) is 11.3 Å². The Bertz CT molecular complexity index is 651. The lowest BCUT2D eigenvalue weighted by Gasteiger charge is -2.16. The molecular formula is C13H15N3O3. The van der Waals surface area contributed by atoms with Gasteiger partial charge in [-0.05, 0) is 12.1 Å². The van der Waals surface area contributed by atoms with Gasteiger partial charge in [0.25, 0.3) is 0 Å². The molecule has 2 aromatic rings. The molecule has 0 aliphatic heterocycles. The van der Waals surface area contributed by atoms with Gasteiger partial charge in [0.1, 0.15) is 6.54 Å². The van der Waals surface area contributed by atoms with Crippen molar-refractivity contribution >= 4 is 16.8 Å². The van der Waals surface area contributed by atoms with Gasteiger partial charge >= 0.3 is 0 Å². The second-order valence-corrected chi connectivity index (χ2v) is 4.22. The summed E-state index contributed by atoms with van der Waals surface area (Å²) >= 11 is 0. The first-order valence-corrected chi connectivity index (χ1v) is 5.93. The monoisotopic (exact) mass is 261 g/mol. The zero-order valence-corrected chi connectivity index (χ0v) is 10.6. The number of likely N-dealkylation sites (N-methyl/N-ethyl adjacent to an activating group) is 1. The number of hydrogen-bond acceptors (Lipinski definition) is 4. The fourth-order valence-electron chi connectivity index (χ4n) is 1.81. The van der Waals surface area contributed by atoms with Crippen LogP contribution in [0.4, 0.5) is 0 Å². The van der Waals surface area contributed by atoms with Gasteiger partial charge in [-0.25, -0.2) is 0 Å². The lowest BCUT2D eigenvalue weighted by molar-refractivity contribution is -0.131. The Hall–Kier alpha value is -2.21. The highest BCUT2D eigenvalue weighted by atomic mass is 16.3. The SMILES string of the molecule is CN(CCO)C(=O)Cn1ncc(=O)c2ccccc21. The van der Waals surface area contributed by atoms with Crippen molar-refractivity contribution < 1.29 is 9.90 Å². The molecule has 1 heterocycles. The molecule has 19 heavy (non-hydrogen) atoms. The Balaban J connectivity index is 2.34. The van der Waals surface area contributed by atoms with Gasteiger partial charge in [-0.1, -0.05) is 12.1 Å². The molecule has 6 heteroatoms. The maximum atomic E-state index is 11.9. The van der Waals surface area contributed by atoms with Crippen molar-refractivity contribution in [2.24, 2.45) is 0 Å². The Morgan fingerprint density at radius 1 is 1.42 bits per heavy atom. The summed E-state index contributed by atoms with van der Waals surface area (Å²) in [5.41, 5.74) is 0.462. The van der Waals surface area contributed by atoms with Gasteiger partial charge in [0.2, 0.25) is 11.3 Å². The molecule has 0 aliphatic carbocycles. The third kappa shape index (κ3) is 2.79. The number of aliphatic hydroxyl groups is 1. The van der Waals surface area contributed by atoms with Crippen LogP contribution in [0.3, 0.4) is 0 Å². The maximum Gasteiger partial charge on any atom is 0.244 e. The standard InChI is InChI=1S/C13H15N3O3/c1-15(6-7-17)13(19)9-16-11-5-3-2-4-10(11)12(18)8-14-16/h2-5,8,17H,6-7,9H2,1H3. The lowest BCUT2D eigenvalue weighted by atomic mass is 10.2. The van der Waals surface area contributed by atoms with Crippen molar-refractivity contribution in [3.8, 4) is 0 Å². The van der Waals surface area contributed by atoms with Crippen LogP contribution in [0.15, 0.2) is 35.3 Å². The van der Waals surface area contributed by atoms with E-state index in [9.17, 15) is 9.59 Å². The molecule has 0 radical (unpaired) electrons. The maximum absolute atomic E-state index is 11.9. The number of amides is 1. The molecule has 6 nitrogen and oxygen atoms in total. The first kappa shape index (κ1) is 13.2. The number of benzene rings is 1. The van der Waals surface area contributed by atoms with Crippen LogP contribution in [0.2, 0.25) is 0 Å². The molecule has 0 atom stereocenters. The van der Waals surface area contributed by atoms with E-state index in [1.165, 1.54) is 15.8 Å². The number of nitrogens with zero attached hydrogens (tertiary/aromatic N) is 3. The fraction of sp³-hybridized carbons (Fsp3) is 0.308. The molecule has 2 rings (SSSR count). The van der Waals surface area contributed by atoms with Crippen LogP contribution in [-0.4, -0.2) is 45.9 Å². The van der Waals surface area contributed by atoms with Gasteiger partial charge in [0, 0.05) is 19.0 Å². The Kier molecular flexibility index (Phi) is 3.91. The van der Waals surface area contributed by atoms with E-state index >= 15 is 0 Å². The summed E-state index contributed by atoms with van der Waals surface area (Å²) in [6, 6.07) is 7.02. The molecule has 0 unspecified atom stereocenters. The van der Waals surface area contributed by atoms with Crippen LogP contribution >= 0.6 is 0 Å². The van der Waals surface area contributed by atoms with Gasteiger partial charge < -0.3 is 10.0 Å². The molecule has 0 aliphatic rings. The van der Waals surface area contributed by atoms with E-state index in [1.807, 2.05) is 0 Å². The molecule has 1 amide bonds. The lowest BCUT2D eigenvalue weighted by Crippen LogP contribution is -2.33. The Morgan fingerprint density at radius 3 is 2.89 bits per heavy atom. The summed E-state index contributed by atoms with van der Waals surface area (Å²) in [5.74, 6) is -0.171. The minimum Gasteiger partial charge on any atom is -0.395 e. The van der Waals surface area contributed by atoms with E-state index in [2.05, 4.69) is 5.10 Å². The number of rotatable bonds is 4. The highest BCUT2D eigenvalue weighted by Gasteiger charge is 2.11. The second-order valence-electron chi connectivity index (χ2n) is 4.22. The topological polar surface area (TPSA) is 75.4 Å². The highest BCUT2D eigenvalue weighted by Crippen LogP contribution is 2.07. The predicted octanol–water partition coefficient (Wildman–Crippen LogP) is -0.153. The average molecular weight is 261 g/mol. The number of carbonyl (C=O) groups excluding carboxylic acids is 1. The highest BCUT2D eigenvalue weighted by molar-refractivity contribution is 5.81. The van der Waals surface area contributed by atoms with E-state index < -0.39 is 0 Å². The Labute approximate surface area is 109 Å². The van der Waals surface area contributed by atoms with Gasteiger partial charge in [-0.2, -0.15) is 5.10 Å². The van der Waals surface area contributed by atoms with Crippen molar-refractivity contribution in [1.29, 1.82) is 0 Å². The zero-order valence-electron chi connectivity index (χ0n) is 10.6. The van der Waals surface area contributed by atoms with Crippen molar-refractivity contribution in [3.63, 3.8) is 0 Å². The third-order valence-corrected chi connectivity index (χ3v) is 2.91. The minimum absolute atomic E-state index is 0.0390. The number of hydrogen-bond donors (Lipinski definition) is 1. The number of carbonyl (C=O) groups is 1. The summed E-state index contributed by atoms with van der Waals surface area (Å²) in [7, 11) is 1.61. The summed E-state index contributed by atoms with van der Waals surface area (Å²) in [5, 5.41) is 13.3. The van der Waals surface area contributed by atoms with E-state index in [4.69, 9.17) is 5.11 Å². The van der Waals surface area contributed by atoms with Crippen LogP contribution < -0.4 is 5.43 Å². The fourth-order valence-corrected chi connectivity index (χ4v) is 1.81. The number of para-hydroxylation sites is 1. The van der Waals surface area contributed by atoms with E-state index in [0.29, 0.717) is 10.9 Å². The quantitative estimate of drug-likeness (QED) is 0.830. The molecule has 100 valence electrons. The van der Waals surface area contributed by atoms with Gasteiger partial charge in [-0.3, -0.25) is 14.3 Å². The number of aliphatic hydroxyl groups excluding tert-OH is 1. The molecule has 0 fully saturated rings. The predicted molar refractivity (Wildman–Crippen MR) is 70.7 cm³/mol. The molecule has 1 aromatic carbocycles. The summed E-state index contributed by atoms with van der Waals surface area (Å²) in [6.45, 7) is 0.231. The van der Waals surface area contributed by atoms with Crippen LogP contribution in [0.5, 0.6) is 0 Å². The van der Waals surface area contributed by atoms with E-state index in [0.717, 1.165) is 0 Å². The van der Waals surface area contributed by atoms with Gasteiger partial charge in [0.15, 0.2) is 0 Å². The van der Waals surface area contributed by atoms with Crippen molar-refractivity contribution in [2.75, 3.05) is 20.2 Å². The molecule has 1 aromatic heterocycles. The average Bonchev–Trinajstić information content (AvgIpc) is 2.42. The van der Waals surface area contributed by atoms with Gasteiger partial charge in [-0.15, -0.1) is 0 Å². The molecule has 1 N–H and O–H groups in total. The number of aromatic nitrogens is 2. The van der Waals surface area contributed by atoms with Crippen LogP contribution in [0, 0.1) is 0 Å². The largest absolute Gasteiger partial charge is 0.395 e.